The van der Waals surface area contributed by atoms with E-state index in [4.69, 9.17) is 14.5 Å². The largest absolute Gasteiger partial charge is 0.469 e. The minimum Gasteiger partial charge on any atom is -0.469 e. The predicted molar refractivity (Wildman–Crippen MR) is 104 cm³/mol. The Balaban J connectivity index is 1.78. The number of aryl methyl sites for hydroxylation is 1. The number of esters is 1. The Kier molecular flexibility index (Phi) is 6.08. The van der Waals surface area contributed by atoms with E-state index >= 15 is 0 Å². The molecule has 1 aromatic rings. The fourth-order valence-corrected chi connectivity index (χ4v) is 5.14. The fourth-order valence-electron chi connectivity index (χ4n) is 4.18. The number of fused-ring (bicyclic) bond motifs is 1. The lowest BCUT2D eigenvalue weighted by Gasteiger charge is -2.34. The number of hydrogen-bond donors (Lipinski definition) is 0. The van der Waals surface area contributed by atoms with Crippen LogP contribution >= 0.6 is 11.3 Å². The van der Waals surface area contributed by atoms with Crippen LogP contribution in [0.4, 0.5) is 4.79 Å². The summed E-state index contributed by atoms with van der Waals surface area (Å²) >= 11 is 1.58. The lowest BCUT2D eigenvalue weighted by atomic mass is 9.85. The van der Waals surface area contributed by atoms with Crippen LogP contribution in [-0.2, 0) is 20.7 Å². The van der Waals surface area contributed by atoms with Gasteiger partial charge >= 0.3 is 12.1 Å². The van der Waals surface area contributed by atoms with Crippen LogP contribution in [0, 0.1) is 5.92 Å². The molecule has 1 saturated carbocycles. The molecule has 27 heavy (non-hydrogen) atoms. The third-order valence-electron chi connectivity index (χ3n) is 5.36. The van der Waals surface area contributed by atoms with Crippen molar-refractivity contribution in [1.29, 1.82) is 0 Å². The molecule has 0 aromatic carbocycles. The summed E-state index contributed by atoms with van der Waals surface area (Å²) < 4.78 is 10.4. The van der Waals surface area contributed by atoms with Crippen molar-refractivity contribution in [2.24, 2.45) is 5.92 Å². The van der Waals surface area contributed by atoms with E-state index in [0.717, 1.165) is 30.0 Å². The van der Waals surface area contributed by atoms with Gasteiger partial charge in [-0.25, -0.2) is 9.78 Å². The number of carbonyl (C=O) groups excluding carboxylic acids is 2. The monoisotopic (exact) mass is 394 g/mol. The summed E-state index contributed by atoms with van der Waals surface area (Å²) in [5, 5.41) is 2.95. The molecule has 1 aliphatic heterocycles. The van der Waals surface area contributed by atoms with E-state index < -0.39 is 5.60 Å². The molecule has 0 spiro atoms. The third kappa shape index (κ3) is 4.81. The Morgan fingerprint density at radius 3 is 2.74 bits per heavy atom. The van der Waals surface area contributed by atoms with Crippen LogP contribution < -0.4 is 0 Å². The molecular formula is C20H30N2O4S. The Labute approximate surface area is 165 Å². The van der Waals surface area contributed by atoms with Crippen LogP contribution in [0.3, 0.4) is 0 Å². The average molecular weight is 395 g/mol. The molecule has 1 saturated heterocycles. The van der Waals surface area contributed by atoms with Crippen molar-refractivity contribution < 1.29 is 19.1 Å². The maximum absolute atomic E-state index is 13.0. The number of rotatable bonds is 4. The summed E-state index contributed by atoms with van der Waals surface area (Å²) in [6.45, 7) is 5.72. The molecule has 7 heteroatoms. The second-order valence-corrected chi connectivity index (χ2v) is 9.39. The van der Waals surface area contributed by atoms with Gasteiger partial charge in [0.15, 0.2) is 0 Å². The van der Waals surface area contributed by atoms with Crippen molar-refractivity contribution in [2.75, 3.05) is 7.11 Å². The molecule has 3 rings (SSSR count). The number of amides is 1. The number of aromatic nitrogens is 1. The predicted octanol–water partition coefficient (Wildman–Crippen LogP) is 4.49. The van der Waals surface area contributed by atoms with E-state index in [1.807, 2.05) is 31.1 Å². The summed E-state index contributed by atoms with van der Waals surface area (Å²) in [6.07, 6.45) is 6.22. The topological polar surface area (TPSA) is 68.7 Å². The van der Waals surface area contributed by atoms with Crippen LogP contribution in [0.2, 0.25) is 0 Å². The molecule has 1 aromatic heterocycles. The number of nitrogens with zero attached hydrogens (tertiary/aromatic N) is 2. The van der Waals surface area contributed by atoms with Crippen LogP contribution in [0.25, 0.3) is 0 Å². The van der Waals surface area contributed by atoms with Gasteiger partial charge in [-0.2, -0.15) is 0 Å². The van der Waals surface area contributed by atoms with E-state index in [9.17, 15) is 9.59 Å². The maximum atomic E-state index is 13.0. The zero-order chi connectivity index (χ0) is 19.6. The van der Waals surface area contributed by atoms with Gasteiger partial charge in [0.1, 0.15) is 10.6 Å². The van der Waals surface area contributed by atoms with E-state index in [2.05, 4.69) is 0 Å². The van der Waals surface area contributed by atoms with E-state index in [1.54, 1.807) is 11.3 Å². The van der Waals surface area contributed by atoms with Gasteiger partial charge < -0.3 is 9.47 Å². The first kappa shape index (κ1) is 20.1. The number of ether oxygens (including phenoxy) is 2. The number of methoxy groups -OCH3 is 1. The normalized spacial score (nSPS) is 25.2. The van der Waals surface area contributed by atoms with Crippen molar-refractivity contribution in [2.45, 2.75) is 83.4 Å². The first-order valence-electron chi connectivity index (χ1n) is 9.81. The van der Waals surface area contributed by atoms with Gasteiger partial charge in [-0.15, -0.1) is 11.3 Å². The summed E-state index contributed by atoms with van der Waals surface area (Å²) in [5.41, 5.74) is 0.377. The first-order valence-corrected chi connectivity index (χ1v) is 10.7. The summed E-state index contributed by atoms with van der Waals surface area (Å²) in [4.78, 5) is 31.1. The summed E-state index contributed by atoms with van der Waals surface area (Å²) in [7, 11) is 1.40. The fraction of sp³-hybridized carbons (Fsp3) is 0.750. The van der Waals surface area contributed by atoms with Crippen LogP contribution in [-0.4, -0.2) is 40.7 Å². The number of carbonyl (C=O) groups is 2. The highest BCUT2D eigenvalue weighted by atomic mass is 32.1. The molecule has 1 amide bonds. The van der Waals surface area contributed by atoms with Gasteiger partial charge in [0.2, 0.25) is 0 Å². The van der Waals surface area contributed by atoms with Gasteiger partial charge in [-0.1, -0.05) is 12.8 Å². The molecule has 0 bridgehead atoms. The van der Waals surface area contributed by atoms with Crippen molar-refractivity contribution >= 4 is 23.4 Å². The molecule has 0 radical (unpaired) electrons. The highest BCUT2D eigenvalue weighted by Gasteiger charge is 2.47. The second kappa shape index (κ2) is 8.17. The molecule has 2 aliphatic rings. The number of likely N-dealkylation sites (tertiary alicyclic amines) is 1. The van der Waals surface area contributed by atoms with E-state index in [0.29, 0.717) is 18.8 Å². The number of thiazole rings is 1. The zero-order valence-corrected chi connectivity index (χ0v) is 17.5. The average Bonchev–Trinajstić information content (AvgIpc) is 3.22. The van der Waals surface area contributed by atoms with Gasteiger partial charge in [0.25, 0.3) is 0 Å². The van der Waals surface area contributed by atoms with Crippen LogP contribution in [0.5, 0.6) is 0 Å². The van der Waals surface area contributed by atoms with Gasteiger partial charge in [-0.05, 0) is 46.0 Å². The first-order chi connectivity index (χ1) is 12.8. The van der Waals surface area contributed by atoms with Gasteiger partial charge in [-0.3, -0.25) is 9.69 Å². The molecule has 2 fully saturated rings. The Morgan fingerprint density at radius 1 is 1.30 bits per heavy atom. The van der Waals surface area contributed by atoms with E-state index in [-0.39, 0.29) is 24.1 Å². The quantitative estimate of drug-likeness (QED) is 0.704. The molecule has 3 atom stereocenters. The SMILES string of the molecule is COC(=O)CCc1csc([C@@H]2CC3CCCCC3N2C(=O)OC(C)(C)C)n1. The summed E-state index contributed by atoms with van der Waals surface area (Å²) in [5.74, 6) is 0.297. The molecule has 0 N–H and O–H groups in total. The number of hydrogen-bond acceptors (Lipinski definition) is 6. The molecule has 2 unspecified atom stereocenters. The minimum absolute atomic E-state index is 0.0233. The Morgan fingerprint density at radius 2 is 2.04 bits per heavy atom. The van der Waals surface area contributed by atoms with Crippen LogP contribution in [0.15, 0.2) is 5.38 Å². The minimum atomic E-state index is -0.511. The third-order valence-corrected chi connectivity index (χ3v) is 6.35. The van der Waals surface area contributed by atoms with Gasteiger partial charge in [0, 0.05) is 17.8 Å². The highest BCUT2D eigenvalue weighted by molar-refractivity contribution is 7.09. The molecule has 1 aliphatic carbocycles. The lowest BCUT2D eigenvalue weighted by Crippen LogP contribution is -2.43. The molecular weight excluding hydrogens is 364 g/mol. The highest BCUT2D eigenvalue weighted by Crippen LogP contribution is 2.47. The van der Waals surface area contributed by atoms with Crippen molar-refractivity contribution in [3.63, 3.8) is 0 Å². The van der Waals surface area contributed by atoms with Crippen molar-refractivity contribution in [3.8, 4) is 0 Å². The molecule has 2 heterocycles. The molecule has 150 valence electrons. The smallest absolute Gasteiger partial charge is 0.411 e. The zero-order valence-electron chi connectivity index (χ0n) is 16.7. The second-order valence-electron chi connectivity index (χ2n) is 8.50. The lowest BCUT2D eigenvalue weighted by molar-refractivity contribution is -0.140. The summed E-state index contributed by atoms with van der Waals surface area (Å²) in [6, 6.07) is 0.228. The van der Waals surface area contributed by atoms with Crippen LogP contribution in [0.1, 0.15) is 76.0 Å². The Hall–Kier alpha value is -1.63. The van der Waals surface area contributed by atoms with Crippen molar-refractivity contribution in [1.82, 2.24) is 9.88 Å². The molecule has 6 nitrogen and oxygen atoms in total. The Bertz CT molecular complexity index is 682. The van der Waals surface area contributed by atoms with E-state index in [1.165, 1.54) is 20.0 Å². The maximum Gasteiger partial charge on any atom is 0.411 e. The van der Waals surface area contributed by atoms with Gasteiger partial charge in [0.05, 0.1) is 25.3 Å². The standard InChI is InChI=1S/C20H30N2O4S/c1-20(2,3)26-19(24)22-15-8-6-5-7-13(15)11-16(22)18-21-14(12-27-18)9-10-17(23)25-4/h12-13,15-16H,5-11H2,1-4H3/t13?,15?,16-/m0/s1. The van der Waals surface area contributed by atoms with Crippen molar-refractivity contribution in [3.05, 3.63) is 16.1 Å².